The Morgan fingerprint density at radius 3 is 3.00 bits per heavy atom. The van der Waals surface area contributed by atoms with E-state index in [9.17, 15) is 0 Å². The molecule has 0 aliphatic rings. The maximum atomic E-state index is 5.61. The van der Waals surface area contributed by atoms with Crippen molar-refractivity contribution in [1.29, 1.82) is 0 Å². The van der Waals surface area contributed by atoms with Gasteiger partial charge in [-0.3, -0.25) is 4.68 Å². The number of allylic oxidation sites excluding steroid dienone is 1. The third kappa shape index (κ3) is 2.39. The van der Waals surface area contributed by atoms with E-state index in [0.717, 1.165) is 11.1 Å². The number of nitrogens with zero attached hydrogens (tertiary/aromatic N) is 2. The number of alkyl halides is 1. The van der Waals surface area contributed by atoms with E-state index in [0.29, 0.717) is 5.88 Å². The van der Waals surface area contributed by atoms with Crippen molar-refractivity contribution in [3.05, 3.63) is 23.5 Å². The van der Waals surface area contributed by atoms with Crippen LogP contribution >= 0.6 is 11.6 Å². The normalized spacial score (nSPS) is 12.1. The van der Waals surface area contributed by atoms with Crippen molar-refractivity contribution in [3.8, 4) is 0 Å². The van der Waals surface area contributed by atoms with Gasteiger partial charge in [0.2, 0.25) is 0 Å². The highest BCUT2D eigenvalue weighted by atomic mass is 35.5. The van der Waals surface area contributed by atoms with Gasteiger partial charge >= 0.3 is 0 Å². The molecule has 0 aliphatic heterocycles. The lowest BCUT2D eigenvalue weighted by Gasteiger charge is -1.89. The van der Waals surface area contributed by atoms with Crippen LogP contribution in [0, 0.1) is 0 Å². The van der Waals surface area contributed by atoms with Gasteiger partial charge in [0.25, 0.3) is 0 Å². The van der Waals surface area contributed by atoms with Crippen LogP contribution in [0.25, 0.3) is 6.08 Å². The highest BCUT2D eigenvalue weighted by Gasteiger charge is 1.91. The molecule has 1 heterocycles. The Hall–Kier alpha value is -0.760. The lowest BCUT2D eigenvalue weighted by molar-refractivity contribution is 0.767. The van der Waals surface area contributed by atoms with Crippen molar-refractivity contribution in [2.24, 2.45) is 7.05 Å². The number of hydrogen-bond donors (Lipinski definition) is 0. The molecule has 0 N–H and O–H groups in total. The predicted molar refractivity (Wildman–Crippen MR) is 47.6 cm³/mol. The second kappa shape index (κ2) is 3.58. The first kappa shape index (κ1) is 8.34. The average Bonchev–Trinajstić information content (AvgIpc) is 2.35. The lowest BCUT2D eigenvalue weighted by Crippen LogP contribution is -1.84. The van der Waals surface area contributed by atoms with E-state index in [1.165, 1.54) is 0 Å². The summed E-state index contributed by atoms with van der Waals surface area (Å²) in [6.45, 7) is 2.00. The minimum absolute atomic E-state index is 0.578. The standard InChI is InChI=1S/C8H11ClN2/c1-7(4-9)3-8-5-10-11(2)6-8/h3,5-6H,4H2,1-2H3. The lowest BCUT2D eigenvalue weighted by atomic mass is 10.2. The quantitative estimate of drug-likeness (QED) is 0.622. The average molecular weight is 171 g/mol. The second-order valence-corrected chi connectivity index (χ2v) is 2.84. The van der Waals surface area contributed by atoms with Crippen LogP contribution in [0.2, 0.25) is 0 Å². The zero-order valence-electron chi connectivity index (χ0n) is 6.71. The zero-order valence-corrected chi connectivity index (χ0v) is 7.47. The van der Waals surface area contributed by atoms with E-state index >= 15 is 0 Å². The fourth-order valence-corrected chi connectivity index (χ4v) is 0.915. The van der Waals surface area contributed by atoms with Crippen molar-refractivity contribution in [1.82, 2.24) is 9.78 Å². The van der Waals surface area contributed by atoms with Gasteiger partial charge in [-0.1, -0.05) is 11.6 Å². The first-order valence-electron chi connectivity index (χ1n) is 3.44. The summed E-state index contributed by atoms with van der Waals surface area (Å²) >= 11 is 5.61. The smallest absolute Gasteiger partial charge is 0.0562 e. The molecule has 0 unspecified atom stereocenters. The zero-order chi connectivity index (χ0) is 8.27. The second-order valence-electron chi connectivity index (χ2n) is 2.57. The Balaban J connectivity index is 2.78. The molecule has 0 bridgehead atoms. The van der Waals surface area contributed by atoms with Gasteiger partial charge in [-0.05, 0) is 6.92 Å². The summed E-state index contributed by atoms with van der Waals surface area (Å²) < 4.78 is 1.77. The van der Waals surface area contributed by atoms with Gasteiger partial charge < -0.3 is 0 Å². The van der Waals surface area contributed by atoms with Crippen LogP contribution in [0.3, 0.4) is 0 Å². The van der Waals surface area contributed by atoms with E-state index in [-0.39, 0.29) is 0 Å². The molecule has 0 spiro atoms. The molecule has 0 aliphatic carbocycles. The van der Waals surface area contributed by atoms with Crippen LogP contribution in [0.4, 0.5) is 0 Å². The van der Waals surface area contributed by atoms with Crippen molar-refractivity contribution in [3.63, 3.8) is 0 Å². The molecule has 0 fully saturated rings. The van der Waals surface area contributed by atoms with Crippen LogP contribution in [0.5, 0.6) is 0 Å². The molecule has 0 aromatic carbocycles. The number of rotatable bonds is 2. The minimum Gasteiger partial charge on any atom is -0.275 e. The molecule has 0 saturated heterocycles. The van der Waals surface area contributed by atoms with Crippen molar-refractivity contribution in [2.75, 3.05) is 5.88 Å². The molecule has 0 saturated carbocycles. The number of aryl methyl sites for hydroxylation is 1. The Labute approximate surface area is 71.5 Å². The summed E-state index contributed by atoms with van der Waals surface area (Å²) in [6.07, 6.45) is 5.80. The molecule has 0 radical (unpaired) electrons. The van der Waals surface area contributed by atoms with Gasteiger partial charge in [-0.25, -0.2) is 0 Å². The van der Waals surface area contributed by atoms with Crippen LogP contribution in [0.15, 0.2) is 18.0 Å². The SMILES string of the molecule is CC(=Cc1cnn(C)c1)CCl. The molecule has 3 heteroatoms. The van der Waals surface area contributed by atoms with Crippen LogP contribution in [0.1, 0.15) is 12.5 Å². The minimum atomic E-state index is 0.578. The van der Waals surface area contributed by atoms with E-state index < -0.39 is 0 Å². The summed E-state index contributed by atoms with van der Waals surface area (Å²) in [6, 6.07) is 0. The fourth-order valence-electron chi connectivity index (χ4n) is 0.838. The molecular formula is C8H11ClN2. The maximum absolute atomic E-state index is 5.61. The number of halogens is 1. The van der Waals surface area contributed by atoms with E-state index in [4.69, 9.17) is 11.6 Å². The fraction of sp³-hybridized carbons (Fsp3) is 0.375. The molecule has 1 rings (SSSR count). The van der Waals surface area contributed by atoms with Gasteiger partial charge in [0.15, 0.2) is 0 Å². The maximum Gasteiger partial charge on any atom is 0.0562 e. The summed E-state index contributed by atoms with van der Waals surface area (Å²) in [5.74, 6) is 0.578. The van der Waals surface area contributed by atoms with Gasteiger partial charge in [0, 0.05) is 24.7 Å². The summed E-state index contributed by atoms with van der Waals surface area (Å²) in [4.78, 5) is 0. The van der Waals surface area contributed by atoms with E-state index in [1.807, 2.05) is 32.4 Å². The van der Waals surface area contributed by atoms with Crippen molar-refractivity contribution in [2.45, 2.75) is 6.92 Å². The molecule has 0 amide bonds. The Morgan fingerprint density at radius 1 is 1.82 bits per heavy atom. The largest absolute Gasteiger partial charge is 0.275 e. The Bertz CT molecular complexity index is 263. The van der Waals surface area contributed by atoms with Gasteiger partial charge in [0.05, 0.1) is 6.20 Å². The topological polar surface area (TPSA) is 17.8 Å². The summed E-state index contributed by atoms with van der Waals surface area (Å²) in [7, 11) is 1.90. The molecule has 1 aromatic heterocycles. The van der Waals surface area contributed by atoms with Crippen LogP contribution < -0.4 is 0 Å². The van der Waals surface area contributed by atoms with Crippen LogP contribution in [-0.4, -0.2) is 15.7 Å². The molecule has 0 atom stereocenters. The first-order chi connectivity index (χ1) is 5.22. The summed E-state index contributed by atoms with van der Waals surface area (Å²) in [5.41, 5.74) is 2.25. The molecule has 60 valence electrons. The Morgan fingerprint density at radius 2 is 2.55 bits per heavy atom. The van der Waals surface area contributed by atoms with Crippen LogP contribution in [-0.2, 0) is 7.05 Å². The first-order valence-corrected chi connectivity index (χ1v) is 3.97. The molecular weight excluding hydrogens is 160 g/mol. The summed E-state index contributed by atoms with van der Waals surface area (Å²) in [5, 5.41) is 4.03. The van der Waals surface area contributed by atoms with E-state index in [1.54, 1.807) is 4.68 Å². The van der Waals surface area contributed by atoms with Gasteiger partial charge in [-0.15, -0.1) is 11.6 Å². The van der Waals surface area contributed by atoms with Crippen molar-refractivity contribution >= 4 is 17.7 Å². The van der Waals surface area contributed by atoms with E-state index in [2.05, 4.69) is 5.10 Å². The highest BCUT2D eigenvalue weighted by Crippen LogP contribution is 2.05. The molecule has 1 aromatic rings. The predicted octanol–water partition coefficient (Wildman–Crippen LogP) is 2.06. The Kier molecular flexibility index (Phi) is 2.71. The number of aromatic nitrogens is 2. The monoisotopic (exact) mass is 170 g/mol. The van der Waals surface area contributed by atoms with Gasteiger partial charge in [0.1, 0.15) is 0 Å². The third-order valence-electron chi connectivity index (χ3n) is 1.35. The molecule has 11 heavy (non-hydrogen) atoms. The highest BCUT2D eigenvalue weighted by molar-refractivity contribution is 6.19. The third-order valence-corrected chi connectivity index (χ3v) is 1.77. The van der Waals surface area contributed by atoms with Gasteiger partial charge in [-0.2, -0.15) is 5.10 Å². The number of hydrogen-bond acceptors (Lipinski definition) is 1. The molecule has 2 nitrogen and oxygen atoms in total. The van der Waals surface area contributed by atoms with Crippen molar-refractivity contribution < 1.29 is 0 Å².